The van der Waals surface area contributed by atoms with Crippen LogP contribution in [0.4, 0.5) is 0 Å². The van der Waals surface area contributed by atoms with Gasteiger partial charge in [0.25, 0.3) is 0 Å². The van der Waals surface area contributed by atoms with Crippen LogP contribution in [0.25, 0.3) is 6.08 Å². The maximum Gasteiger partial charge on any atom is 0.247 e. The molecule has 0 aromatic heterocycles. The standard InChI is InChI=1S/C26H33NO2/c1-25-12-10-20(28)16-19(25)8-9-21-22(25)11-13-26(2)23(21)15-18(24(29)27-26)14-17-6-4-3-5-7-17/h3-8,14,20-23,28H,9-13,15-16H2,1-2H3,(H,27,29). The molecular formula is C26H33NO2. The Morgan fingerprint density at radius 2 is 1.86 bits per heavy atom. The molecule has 154 valence electrons. The smallest absolute Gasteiger partial charge is 0.247 e. The topological polar surface area (TPSA) is 49.3 Å². The van der Waals surface area contributed by atoms with E-state index in [2.05, 4.69) is 43.4 Å². The summed E-state index contributed by atoms with van der Waals surface area (Å²) in [6.45, 7) is 4.73. The van der Waals surface area contributed by atoms with Gasteiger partial charge < -0.3 is 10.4 Å². The molecular weight excluding hydrogens is 358 g/mol. The summed E-state index contributed by atoms with van der Waals surface area (Å²) in [5.74, 6) is 1.87. The molecule has 3 nitrogen and oxygen atoms in total. The molecule has 3 heteroatoms. The second-order valence-corrected chi connectivity index (χ2v) is 10.4. The Kier molecular flexibility index (Phi) is 4.51. The highest BCUT2D eigenvalue weighted by Crippen LogP contribution is 2.60. The zero-order valence-corrected chi connectivity index (χ0v) is 17.7. The number of piperidine rings is 1. The van der Waals surface area contributed by atoms with Crippen molar-refractivity contribution in [3.63, 3.8) is 0 Å². The molecule has 1 aromatic carbocycles. The summed E-state index contributed by atoms with van der Waals surface area (Å²) in [5.41, 5.74) is 3.67. The average molecular weight is 392 g/mol. The van der Waals surface area contributed by atoms with E-state index < -0.39 is 0 Å². The quantitative estimate of drug-likeness (QED) is 0.530. The Balaban J connectivity index is 1.47. The van der Waals surface area contributed by atoms with Crippen molar-refractivity contribution in [2.45, 2.75) is 70.4 Å². The first-order valence-corrected chi connectivity index (χ1v) is 11.3. The minimum Gasteiger partial charge on any atom is -0.393 e. The highest BCUT2D eigenvalue weighted by atomic mass is 16.3. The molecule has 6 unspecified atom stereocenters. The first-order valence-electron chi connectivity index (χ1n) is 11.3. The van der Waals surface area contributed by atoms with Gasteiger partial charge in [-0.3, -0.25) is 4.79 Å². The van der Waals surface area contributed by atoms with E-state index in [1.54, 1.807) is 0 Å². The van der Waals surface area contributed by atoms with Crippen molar-refractivity contribution in [3.05, 3.63) is 53.1 Å². The second-order valence-electron chi connectivity index (χ2n) is 10.4. The number of hydrogen-bond acceptors (Lipinski definition) is 2. The fraction of sp³-hybridized carbons (Fsp3) is 0.577. The van der Waals surface area contributed by atoms with Gasteiger partial charge in [-0.15, -0.1) is 0 Å². The number of fused-ring (bicyclic) bond motifs is 5. The zero-order chi connectivity index (χ0) is 20.2. The van der Waals surface area contributed by atoms with Crippen LogP contribution in [-0.2, 0) is 4.79 Å². The summed E-state index contributed by atoms with van der Waals surface area (Å²) in [6.07, 6.45) is 11.5. The van der Waals surface area contributed by atoms with Gasteiger partial charge in [0.15, 0.2) is 0 Å². The Labute approximate surface area is 174 Å². The number of rotatable bonds is 1. The molecule has 2 saturated carbocycles. The number of carbonyl (C=O) groups is 1. The lowest BCUT2D eigenvalue weighted by Crippen LogP contribution is -2.63. The van der Waals surface area contributed by atoms with Gasteiger partial charge >= 0.3 is 0 Å². The Hall–Kier alpha value is -1.87. The molecule has 0 radical (unpaired) electrons. The molecule has 3 fully saturated rings. The first kappa shape index (κ1) is 19.1. The van der Waals surface area contributed by atoms with Crippen molar-refractivity contribution in [2.75, 3.05) is 0 Å². The van der Waals surface area contributed by atoms with Crippen molar-refractivity contribution in [3.8, 4) is 0 Å². The van der Waals surface area contributed by atoms with Crippen LogP contribution in [-0.4, -0.2) is 22.7 Å². The summed E-state index contributed by atoms with van der Waals surface area (Å²) >= 11 is 0. The first-order chi connectivity index (χ1) is 13.9. The molecule has 1 amide bonds. The van der Waals surface area contributed by atoms with Gasteiger partial charge in [0.1, 0.15) is 0 Å². The van der Waals surface area contributed by atoms with Gasteiger partial charge in [0.05, 0.1) is 6.10 Å². The predicted octanol–water partition coefficient (Wildman–Crippen LogP) is 4.87. The number of carbonyl (C=O) groups excluding carboxylic acids is 1. The number of benzene rings is 1. The molecule has 2 N–H and O–H groups in total. The van der Waals surface area contributed by atoms with Crippen LogP contribution in [0.15, 0.2) is 47.6 Å². The minimum atomic E-state index is -0.158. The third kappa shape index (κ3) is 3.09. The Morgan fingerprint density at radius 1 is 1.07 bits per heavy atom. The van der Waals surface area contributed by atoms with E-state index in [-0.39, 0.29) is 23.0 Å². The highest BCUT2D eigenvalue weighted by molar-refractivity contribution is 5.99. The minimum absolute atomic E-state index is 0.0951. The van der Waals surface area contributed by atoms with Crippen LogP contribution >= 0.6 is 0 Å². The molecule has 5 rings (SSSR count). The maximum absolute atomic E-state index is 12.9. The van der Waals surface area contributed by atoms with Gasteiger partial charge in [-0.2, -0.15) is 0 Å². The molecule has 3 aliphatic carbocycles. The molecule has 0 bridgehead atoms. The molecule has 4 aliphatic rings. The summed E-state index contributed by atoms with van der Waals surface area (Å²) in [4.78, 5) is 12.9. The molecule has 0 spiro atoms. The maximum atomic E-state index is 12.9. The lowest BCUT2D eigenvalue weighted by atomic mass is 9.48. The van der Waals surface area contributed by atoms with E-state index in [0.29, 0.717) is 17.8 Å². The fourth-order valence-corrected chi connectivity index (χ4v) is 7.04. The van der Waals surface area contributed by atoms with E-state index in [1.165, 1.54) is 12.0 Å². The molecule has 1 aliphatic heterocycles. The Bertz CT molecular complexity index is 872. The monoisotopic (exact) mass is 391 g/mol. The van der Waals surface area contributed by atoms with Crippen molar-refractivity contribution in [2.24, 2.45) is 23.2 Å². The van der Waals surface area contributed by atoms with Crippen LogP contribution in [0.5, 0.6) is 0 Å². The third-order valence-electron chi connectivity index (χ3n) is 8.74. The molecule has 1 heterocycles. The number of allylic oxidation sites excluding steroid dienone is 1. The molecule has 1 aromatic rings. The van der Waals surface area contributed by atoms with E-state index in [4.69, 9.17) is 0 Å². The van der Waals surface area contributed by atoms with Gasteiger partial charge in [0, 0.05) is 11.1 Å². The lowest BCUT2D eigenvalue weighted by molar-refractivity contribution is -0.125. The van der Waals surface area contributed by atoms with Gasteiger partial charge in [0.2, 0.25) is 5.91 Å². The fourth-order valence-electron chi connectivity index (χ4n) is 7.04. The molecule has 6 atom stereocenters. The number of nitrogens with one attached hydrogen (secondary N) is 1. The largest absolute Gasteiger partial charge is 0.393 e. The zero-order valence-electron chi connectivity index (χ0n) is 17.7. The predicted molar refractivity (Wildman–Crippen MR) is 116 cm³/mol. The summed E-state index contributed by atoms with van der Waals surface area (Å²) in [7, 11) is 0. The van der Waals surface area contributed by atoms with Crippen LogP contribution in [0, 0.1) is 23.2 Å². The van der Waals surface area contributed by atoms with Gasteiger partial charge in [-0.1, -0.05) is 48.9 Å². The van der Waals surface area contributed by atoms with E-state index >= 15 is 0 Å². The number of aliphatic hydroxyl groups is 1. The van der Waals surface area contributed by atoms with Crippen molar-refractivity contribution in [1.82, 2.24) is 5.32 Å². The van der Waals surface area contributed by atoms with Crippen LogP contribution < -0.4 is 5.32 Å². The van der Waals surface area contributed by atoms with E-state index in [0.717, 1.165) is 49.7 Å². The number of amides is 1. The molecule has 1 saturated heterocycles. The van der Waals surface area contributed by atoms with E-state index in [1.807, 2.05) is 18.2 Å². The van der Waals surface area contributed by atoms with Gasteiger partial charge in [-0.05, 0) is 86.7 Å². The van der Waals surface area contributed by atoms with Crippen LogP contribution in [0.1, 0.15) is 64.4 Å². The Morgan fingerprint density at radius 3 is 2.66 bits per heavy atom. The van der Waals surface area contributed by atoms with Crippen molar-refractivity contribution in [1.29, 1.82) is 0 Å². The second kappa shape index (κ2) is 6.84. The summed E-state index contributed by atoms with van der Waals surface area (Å²) in [5, 5.41) is 13.6. The van der Waals surface area contributed by atoms with Crippen molar-refractivity contribution < 1.29 is 9.90 Å². The van der Waals surface area contributed by atoms with Gasteiger partial charge in [-0.25, -0.2) is 0 Å². The molecule has 29 heavy (non-hydrogen) atoms. The summed E-state index contributed by atoms with van der Waals surface area (Å²) < 4.78 is 0. The SMILES string of the molecule is CC12CCC3C(CC=C4CC(O)CCC43C)C1CC(=Cc1ccccc1)C(=O)N2. The number of hydrogen-bond donors (Lipinski definition) is 2. The van der Waals surface area contributed by atoms with Crippen molar-refractivity contribution >= 4 is 12.0 Å². The van der Waals surface area contributed by atoms with Crippen LogP contribution in [0.3, 0.4) is 0 Å². The summed E-state index contributed by atoms with van der Waals surface area (Å²) in [6, 6.07) is 10.2. The third-order valence-corrected chi connectivity index (χ3v) is 8.74. The van der Waals surface area contributed by atoms with Crippen LogP contribution in [0.2, 0.25) is 0 Å². The average Bonchev–Trinajstić information content (AvgIpc) is 2.70. The van der Waals surface area contributed by atoms with E-state index in [9.17, 15) is 9.90 Å². The normalized spacial score (nSPS) is 42.9. The number of aliphatic hydroxyl groups excluding tert-OH is 1. The lowest BCUT2D eigenvalue weighted by Gasteiger charge is -2.59. The highest BCUT2D eigenvalue weighted by Gasteiger charge is 2.56.